The number of amides is 1. The minimum absolute atomic E-state index is 0.121. The van der Waals surface area contributed by atoms with E-state index in [1.54, 1.807) is 29.3 Å². The summed E-state index contributed by atoms with van der Waals surface area (Å²) in [5.41, 5.74) is 1.81. The van der Waals surface area contributed by atoms with Crippen molar-refractivity contribution in [2.75, 3.05) is 6.61 Å². The molecule has 2 heterocycles. The molecule has 0 saturated heterocycles. The van der Waals surface area contributed by atoms with Gasteiger partial charge in [-0.3, -0.25) is 9.48 Å². The summed E-state index contributed by atoms with van der Waals surface area (Å²) in [7, 11) is 0. The van der Waals surface area contributed by atoms with Crippen LogP contribution >= 0.6 is 0 Å². The highest BCUT2D eigenvalue weighted by atomic mass is 16.5. The molecule has 0 saturated carbocycles. The zero-order chi connectivity index (χ0) is 17.5. The molecule has 3 rings (SSSR count). The lowest BCUT2D eigenvalue weighted by Gasteiger charge is -2.18. The smallest absolute Gasteiger partial charge is 0.249 e. The summed E-state index contributed by atoms with van der Waals surface area (Å²) < 4.78 is 7.05. The van der Waals surface area contributed by atoms with Gasteiger partial charge in [-0.15, -0.1) is 0 Å². The van der Waals surface area contributed by atoms with Crippen LogP contribution in [0.3, 0.4) is 0 Å². The Balaban J connectivity index is 1.74. The summed E-state index contributed by atoms with van der Waals surface area (Å²) in [6, 6.07) is 14.6. The van der Waals surface area contributed by atoms with Gasteiger partial charge in [0.1, 0.15) is 0 Å². The number of hydrogen-bond acceptors (Lipinski definition) is 4. The highest BCUT2D eigenvalue weighted by Crippen LogP contribution is 2.18. The van der Waals surface area contributed by atoms with Gasteiger partial charge >= 0.3 is 0 Å². The first-order valence-corrected chi connectivity index (χ1v) is 8.17. The van der Waals surface area contributed by atoms with Gasteiger partial charge in [-0.1, -0.05) is 30.3 Å². The number of nitrogens with one attached hydrogen (secondary N) is 1. The van der Waals surface area contributed by atoms with E-state index in [0.29, 0.717) is 19.0 Å². The zero-order valence-electron chi connectivity index (χ0n) is 14.0. The monoisotopic (exact) mass is 336 g/mol. The van der Waals surface area contributed by atoms with E-state index in [2.05, 4.69) is 15.4 Å². The number of pyridine rings is 1. The molecule has 0 radical (unpaired) electrons. The number of aromatic nitrogens is 3. The average molecular weight is 336 g/mol. The molecule has 0 aliphatic heterocycles. The fourth-order valence-electron chi connectivity index (χ4n) is 2.57. The molecule has 0 bridgehead atoms. The molecule has 2 aromatic heterocycles. The third-order valence-electron chi connectivity index (χ3n) is 3.71. The molecule has 25 heavy (non-hydrogen) atoms. The van der Waals surface area contributed by atoms with Gasteiger partial charge in [-0.25, -0.2) is 4.98 Å². The van der Waals surface area contributed by atoms with Crippen molar-refractivity contribution < 1.29 is 9.53 Å². The molecule has 1 aromatic carbocycles. The van der Waals surface area contributed by atoms with E-state index in [1.165, 1.54) is 0 Å². The molecule has 0 spiro atoms. The zero-order valence-corrected chi connectivity index (χ0v) is 14.0. The predicted molar refractivity (Wildman–Crippen MR) is 94.1 cm³/mol. The predicted octanol–water partition coefficient (Wildman–Crippen LogP) is 2.58. The number of ether oxygens (including phenoxy) is 1. The molecule has 1 N–H and O–H groups in total. The van der Waals surface area contributed by atoms with Crippen LogP contribution < -0.4 is 10.1 Å². The number of rotatable bonds is 7. The van der Waals surface area contributed by atoms with Crippen LogP contribution in [0.15, 0.2) is 67.1 Å². The van der Waals surface area contributed by atoms with E-state index in [-0.39, 0.29) is 5.91 Å². The molecular weight excluding hydrogens is 316 g/mol. The van der Waals surface area contributed by atoms with Gasteiger partial charge in [0.2, 0.25) is 11.8 Å². The first-order valence-electron chi connectivity index (χ1n) is 8.17. The van der Waals surface area contributed by atoms with Gasteiger partial charge in [0.15, 0.2) is 6.04 Å². The van der Waals surface area contributed by atoms with Gasteiger partial charge < -0.3 is 10.1 Å². The van der Waals surface area contributed by atoms with Crippen molar-refractivity contribution in [2.24, 2.45) is 0 Å². The maximum absolute atomic E-state index is 12.8. The highest BCUT2D eigenvalue weighted by molar-refractivity contribution is 5.83. The summed E-state index contributed by atoms with van der Waals surface area (Å²) in [5, 5.41) is 7.21. The average Bonchev–Trinajstić information content (AvgIpc) is 3.16. The van der Waals surface area contributed by atoms with Crippen molar-refractivity contribution >= 4 is 5.91 Å². The number of hydrogen-bond donors (Lipinski definition) is 1. The summed E-state index contributed by atoms with van der Waals surface area (Å²) in [4.78, 5) is 16.9. The van der Waals surface area contributed by atoms with Crippen LogP contribution in [0.1, 0.15) is 24.1 Å². The van der Waals surface area contributed by atoms with Crippen molar-refractivity contribution in [3.8, 4) is 5.88 Å². The second-order valence-corrected chi connectivity index (χ2v) is 5.45. The minimum atomic E-state index is -0.510. The Hall–Kier alpha value is -3.15. The van der Waals surface area contributed by atoms with Crippen molar-refractivity contribution in [2.45, 2.75) is 19.5 Å². The van der Waals surface area contributed by atoms with Gasteiger partial charge in [-0.05, 0) is 30.2 Å². The molecule has 0 aliphatic carbocycles. The molecule has 6 nitrogen and oxygen atoms in total. The van der Waals surface area contributed by atoms with Crippen LogP contribution in [0, 0.1) is 0 Å². The Bertz CT molecular complexity index is 803. The molecule has 6 heteroatoms. The Morgan fingerprint density at radius 2 is 2.04 bits per heavy atom. The first-order chi connectivity index (χ1) is 12.3. The maximum Gasteiger partial charge on any atom is 0.249 e. The molecule has 0 unspecified atom stereocenters. The van der Waals surface area contributed by atoms with Gasteiger partial charge in [0.25, 0.3) is 0 Å². The summed E-state index contributed by atoms with van der Waals surface area (Å²) >= 11 is 0. The first kappa shape index (κ1) is 16.7. The fourth-order valence-corrected chi connectivity index (χ4v) is 2.57. The molecule has 0 fully saturated rings. The normalized spacial score (nSPS) is 11.7. The number of nitrogens with zero attached hydrogens (tertiary/aromatic N) is 3. The lowest BCUT2D eigenvalue weighted by molar-refractivity contribution is -0.123. The van der Waals surface area contributed by atoms with Crippen LogP contribution in [0.25, 0.3) is 0 Å². The van der Waals surface area contributed by atoms with E-state index >= 15 is 0 Å². The fraction of sp³-hybridized carbons (Fsp3) is 0.211. The number of carbonyl (C=O) groups excluding carboxylic acids is 1. The molecular formula is C19H20N4O2. The van der Waals surface area contributed by atoms with E-state index in [1.807, 2.05) is 49.4 Å². The molecule has 3 aromatic rings. The van der Waals surface area contributed by atoms with Crippen LogP contribution in [0.5, 0.6) is 5.88 Å². The van der Waals surface area contributed by atoms with Gasteiger partial charge in [0.05, 0.1) is 6.61 Å². The summed E-state index contributed by atoms with van der Waals surface area (Å²) in [6.07, 6.45) is 5.13. The van der Waals surface area contributed by atoms with Crippen LogP contribution in [-0.4, -0.2) is 27.3 Å². The van der Waals surface area contributed by atoms with Crippen molar-refractivity contribution in [3.05, 3.63) is 78.2 Å². The quantitative estimate of drug-likeness (QED) is 0.720. The van der Waals surface area contributed by atoms with Crippen molar-refractivity contribution in [3.63, 3.8) is 0 Å². The van der Waals surface area contributed by atoms with Crippen molar-refractivity contribution in [1.29, 1.82) is 0 Å². The Kier molecular flexibility index (Phi) is 5.41. The van der Waals surface area contributed by atoms with E-state index in [9.17, 15) is 4.79 Å². The lowest BCUT2D eigenvalue weighted by atomic mass is 10.1. The molecule has 128 valence electrons. The van der Waals surface area contributed by atoms with Crippen LogP contribution in [0.2, 0.25) is 0 Å². The Morgan fingerprint density at radius 1 is 1.20 bits per heavy atom. The van der Waals surface area contributed by atoms with E-state index in [0.717, 1.165) is 11.1 Å². The molecule has 1 amide bonds. The SMILES string of the molecule is CCOc1cc(CNC(=O)[C@H](c2ccccc2)n2cccn2)ccn1. The van der Waals surface area contributed by atoms with Crippen LogP contribution in [-0.2, 0) is 11.3 Å². The standard InChI is InChI=1S/C19H20N4O2/c1-2-25-17-13-15(9-11-20-17)14-21-19(24)18(23-12-6-10-22-23)16-7-4-3-5-8-16/h3-13,18H,2,14H2,1H3,(H,21,24)/t18-/m0/s1. The Labute approximate surface area is 146 Å². The number of benzene rings is 1. The molecule has 1 atom stereocenters. The second-order valence-electron chi connectivity index (χ2n) is 5.45. The topological polar surface area (TPSA) is 69.0 Å². The largest absolute Gasteiger partial charge is 0.478 e. The highest BCUT2D eigenvalue weighted by Gasteiger charge is 2.22. The van der Waals surface area contributed by atoms with E-state index in [4.69, 9.17) is 4.74 Å². The second kappa shape index (κ2) is 8.10. The van der Waals surface area contributed by atoms with Crippen LogP contribution in [0.4, 0.5) is 0 Å². The summed E-state index contributed by atoms with van der Waals surface area (Å²) in [5.74, 6) is 0.436. The van der Waals surface area contributed by atoms with Gasteiger partial charge in [0, 0.05) is 31.2 Å². The molecule has 0 aliphatic rings. The third-order valence-corrected chi connectivity index (χ3v) is 3.71. The number of carbonyl (C=O) groups is 1. The third kappa shape index (κ3) is 4.23. The Morgan fingerprint density at radius 3 is 2.76 bits per heavy atom. The minimum Gasteiger partial charge on any atom is -0.478 e. The maximum atomic E-state index is 12.8. The summed E-state index contributed by atoms with van der Waals surface area (Å²) in [6.45, 7) is 2.86. The van der Waals surface area contributed by atoms with Crippen molar-refractivity contribution in [1.82, 2.24) is 20.1 Å². The lowest BCUT2D eigenvalue weighted by Crippen LogP contribution is -2.33. The van der Waals surface area contributed by atoms with Gasteiger partial charge in [-0.2, -0.15) is 5.10 Å². The van der Waals surface area contributed by atoms with E-state index < -0.39 is 6.04 Å².